The Bertz CT molecular complexity index is 1150. The third-order valence-corrected chi connectivity index (χ3v) is 15.2. The predicted octanol–water partition coefficient (Wildman–Crippen LogP) is 7.75. The summed E-state index contributed by atoms with van der Waals surface area (Å²) >= 11 is 0. The number of carbonyl (C=O) groups is 2. The molecule has 0 aromatic carbocycles. The maximum Gasteiger partial charge on any atom is 0.317 e. The van der Waals surface area contributed by atoms with Gasteiger partial charge in [-0.15, -0.1) is 0 Å². The monoisotopic (exact) mass is 579 g/mol. The fourth-order valence-corrected chi connectivity index (χ4v) is 12.7. The first-order valence-corrected chi connectivity index (χ1v) is 17.6. The highest BCUT2D eigenvalue weighted by atomic mass is 16.2. The number of likely N-dealkylation sites (tertiary alicyclic amines) is 1. The van der Waals surface area contributed by atoms with Gasteiger partial charge in [0.15, 0.2) is 5.78 Å². The molecule has 1 saturated heterocycles. The maximum absolute atomic E-state index is 13.8. The minimum Gasteiger partial charge on any atom is -0.335 e. The number of carbonyl (C=O) groups excluding carboxylic acids is 2. The van der Waals surface area contributed by atoms with Crippen LogP contribution >= 0.6 is 0 Å². The molecule has 0 bridgehead atoms. The Hall–Kier alpha value is -1.36. The number of nitrogens with one attached hydrogen (secondary N) is 2. The highest BCUT2D eigenvalue weighted by Gasteiger charge is 2.70. The third kappa shape index (κ3) is 4.17. The second-order valence-electron chi connectivity index (χ2n) is 17.7. The van der Waals surface area contributed by atoms with Gasteiger partial charge in [0.1, 0.15) is 0 Å². The van der Waals surface area contributed by atoms with Gasteiger partial charge in [0.25, 0.3) is 0 Å². The number of fused-ring (bicyclic) bond motifs is 7. The van der Waals surface area contributed by atoms with E-state index in [0.717, 1.165) is 45.2 Å². The zero-order valence-corrected chi connectivity index (χ0v) is 28.4. The molecular weight excluding hydrogens is 518 g/mol. The van der Waals surface area contributed by atoms with Gasteiger partial charge in [-0.05, 0) is 128 Å². The van der Waals surface area contributed by atoms with Crippen LogP contribution in [0.25, 0.3) is 0 Å². The van der Waals surface area contributed by atoms with E-state index in [1.54, 1.807) is 5.57 Å². The normalized spacial score (nSPS) is 45.3. The van der Waals surface area contributed by atoms with Crippen LogP contribution in [0.1, 0.15) is 126 Å². The Labute approximate surface area is 256 Å². The second kappa shape index (κ2) is 10.1. The molecule has 0 aromatic heterocycles. The maximum atomic E-state index is 13.8. The van der Waals surface area contributed by atoms with Crippen molar-refractivity contribution in [2.45, 2.75) is 138 Å². The van der Waals surface area contributed by atoms with Crippen molar-refractivity contribution in [1.82, 2.24) is 15.5 Å². The van der Waals surface area contributed by atoms with E-state index in [2.05, 4.69) is 70.9 Å². The molecule has 42 heavy (non-hydrogen) atoms. The van der Waals surface area contributed by atoms with Gasteiger partial charge < -0.3 is 15.5 Å². The average molecular weight is 580 g/mol. The molecule has 2 amide bonds. The van der Waals surface area contributed by atoms with Gasteiger partial charge in [0, 0.05) is 31.6 Å². The predicted molar refractivity (Wildman–Crippen MR) is 171 cm³/mol. The van der Waals surface area contributed by atoms with Crippen LogP contribution in [-0.4, -0.2) is 48.9 Å². The molecule has 1 unspecified atom stereocenters. The van der Waals surface area contributed by atoms with Crippen LogP contribution in [-0.2, 0) is 4.79 Å². The highest BCUT2D eigenvalue weighted by Crippen LogP contribution is 2.76. The van der Waals surface area contributed by atoms with Crippen molar-refractivity contribution >= 4 is 11.8 Å². The molecule has 5 fully saturated rings. The number of amides is 2. The number of hydrogen-bond acceptors (Lipinski definition) is 3. The molecule has 4 saturated carbocycles. The van der Waals surface area contributed by atoms with Gasteiger partial charge in [0.05, 0.1) is 0 Å². The molecule has 0 spiro atoms. The standard InChI is InChI=1S/C37H61N3O2/c1-23(2)30-26(41)22-34(5)18-19-35(6)25(31(30)34)10-11-28-36(35,7)17-12-27-33(3,4)16-13-29(37(27,28)8)39-32(42)40-20-14-24(38-9)15-21-40/h23-25,27-29,38H,10-22H2,1-9H3,(H,39,42)/t25-,27+,28+,29?,34+,35-,36-,37+/m1/s1. The number of hydrogen-bond donors (Lipinski definition) is 2. The van der Waals surface area contributed by atoms with Crippen molar-refractivity contribution in [3.63, 3.8) is 0 Å². The number of allylic oxidation sites excluding steroid dienone is 2. The number of piperidine rings is 1. The van der Waals surface area contributed by atoms with Crippen molar-refractivity contribution < 1.29 is 9.59 Å². The summed E-state index contributed by atoms with van der Waals surface area (Å²) in [6.45, 7) is 21.5. The molecule has 6 rings (SSSR count). The number of ketones is 1. The first-order chi connectivity index (χ1) is 19.6. The number of nitrogens with zero attached hydrogens (tertiary/aromatic N) is 1. The summed E-state index contributed by atoms with van der Waals surface area (Å²) in [5, 5.41) is 7.12. The number of urea groups is 1. The Morgan fingerprint density at radius 2 is 1.52 bits per heavy atom. The van der Waals surface area contributed by atoms with E-state index < -0.39 is 0 Å². The summed E-state index contributed by atoms with van der Waals surface area (Å²) in [4.78, 5) is 29.4. The van der Waals surface area contributed by atoms with Crippen LogP contribution < -0.4 is 10.6 Å². The topological polar surface area (TPSA) is 61.4 Å². The third-order valence-electron chi connectivity index (χ3n) is 15.2. The van der Waals surface area contributed by atoms with E-state index in [-0.39, 0.29) is 39.1 Å². The van der Waals surface area contributed by atoms with Crippen molar-refractivity contribution in [1.29, 1.82) is 0 Å². The minimum absolute atomic E-state index is 0.0647. The molecule has 1 aliphatic heterocycles. The van der Waals surface area contributed by atoms with Crippen molar-refractivity contribution in [2.24, 2.45) is 50.7 Å². The van der Waals surface area contributed by atoms with E-state index >= 15 is 0 Å². The summed E-state index contributed by atoms with van der Waals surface area (Å²) in [5.41, 5.74) is 3.58. The second-order valence-corrected chi connectivity index (χ2v) is 17.7. The number of Topliss-reactive ketones (excluding diaryl/α,β-unsaturated/α-hetero) is 1. The minimum atomic E-state index is 0.0647. The van der Waals surface area contributed by atoms with Crippen LogP contribution in [0.15, 0.2) is 11.1 Å². The number of rotatable bonds is 3. The Balaban J connectivity index is 1.35. The Morgan fingerprint density at radius 3 is 2.17 bits per heavy atom. The van der Waals surface area contributed by atoms with Gasteiger partial charge in [-0.1, -0.05) is 61.0 Å². The largest absolute Gasteiger partial charge is 0.335 e. The molecule has 5 nitrogen and oxygen atoms in total. The van der Waals surface area contributed by atoms with E-state index in [1.165, 1.54) is 44.1 Å². The van der Waals surface area contributed by atoms with E-state index in [4.69, 9.17) is 0 Å². The van der Waals surface area contributed by atoms with Crippen LogP contribution in [0.2, 0.25) is 0 Å². The van der Waals surface area contributed by atoms with Crippen LogP contribution in [0.3, 0.4) is 0 Å². The fraction of sp³-hybridized carbons (Fsp3) is 0.892. The van der Waals surface area contributed by atoms with Crippen LogP contribution in [0.5, 0.6) is 0 Å². The molecular formula is C37H61N3O2. The first kappa shape index (κ1) is 30.7. The van der Waals surface area contributed by atoms with Gasteiger partial charge in [-0.25, -0.2) is 4.79 Å². The van der Waals surface area contributed by atoms with E-state index in [1.807, 2.05) is 7.05 Å². The van der Waals surface area contributed by atoms with Gasteiger partial charge in [0.2, 0.25) is 0 Å². The van der Waals surface area contributed by atoms with Gasteiger partial charge in [-0.3, -0.25) is 4.79 Å². The highest BCUT2D eigenvalue weighted by molar-refractivity contribution is 6.00. The lowest BCUT2D eigenvalue weighted by Gasteiger charge is -2.72. The lowest BCUT2D eigenvalue weighted by Crippen LogP contribution is -2.69. The van der Waals surface area contributed by atoms with Crippen molar-refractivity contribution in [3.05, 3.63) is 11.1 Å². The Morgan fingerprint density at radius 1 is 0.833 bits per heavy atom. The zero-order chi connectivity index (χ0) is 30.5. The SMILES string of the molecule is CNC1CCN(C(=O)NC2CCC(C)(C)[C@@H]3CC[C@]4(C)[C@H](CC[C@@H]5C6=C(C(C)C)C(=O)C[C@]6(C)CC[C@]54C)[C@@]23C)CC1. The van der Waals surface area contributed by atoms with E-state index in [0.29, 0.717) is 35.5 Å². The summed E-state index contributed by atoms with van der Waals surface area (Å²) in [7, 11) is 2.04. The quantitative estimate of drug-likeness (QED) is 0.359. The molecule has 8 atom stereocenters. The molecule has 6 aliphatic rings. The van der Waals surface area contributed by atoms with E-state index in [9.17, 15) is 9.59 Å². The molecule has 0 radical (unpaired) electrons. The van der Waals surface area contributed by atoms with Crippen LogP contribution in [0, 0.1) is 50.7 Å². The van der Waals surface area contributed by atoms with Gasteiger partial charge >= 0.3 is 6.03 Å². The fourth-order valence-electron chi connectivity index (χ4n) is 12.7. The van der Waals surface area contributed by atoms with Crippen molar-refractivity contribution in [2.75, 3.05) is 20.1 Å². The van der Waals surface area contributed by atoms with Crippen molar-refractivity contribution in [3.8, 4) is 0 Å². The molecule has 5 aliphatic carbocycles. The summed E-state index contributed by atoms with van der Waals surface area (Å²) in [5.74, 6) is 2.45. The zero-order valence-electron chi connectivity index (χ0n) is 28.4. The first-order valence-electron chi connectivity index (χ1n) is 17.6. The molecule has 5 heteroatoms. The summed E-state index contributed by atoms with van der Waals surface area (Å²) < 4.78 is 0. The molecule has 1 heterocycles. The summed E-state index contributed by atoms with van der Waals surface area (Å²) in [6, 6.07) is 0.925. The van der Waals surface area contributed by atoms with Gasteiger partial charge in [-0.2, -0.15) is 0 Å². The summed E-state index contributed by atoms with van der Waals surface area (Å²) in [6.07, 6.45) is 12.4. The lowest BCUT2D eigenvalue weighted by atomic mass is 9.32. The smallest absolute Gasteiger partial charge is 0.317 e. The molecule has 0 aromatic rings. The molecule has 236 valence electrons. The Kier molecular flexibility index (Phi) is 7.35. The average Bonchev–Trinajstić information content (AvgIpc) is 3.21. The lowest BCUT2D eigenvalue weighted by molar-refractivity contribution is -0.219. The molecule has 2 N–H and O–H groups in total. The van der Waals surface area contributed by atoms with Crippen LogP contribution in [0.4, 0.5) is 4.79 Å².